The minimum Gasteiger partial charge on any atom is -0.372 e. The molecule has 2 saturated carbocycles. The van der Waals surface area contributed by atoms with E-state index in [4.69, 9.17) is 0 Å². The van der Waals surface area contributed by atoms with Crippen molar-refractivity contribution in [2.45, 2.75) is 82.8 Å². The summed E-state index contributed by atoms with van der Waals surface area (Å²) < 4.78 is 0. The van der Waals surface area contributed by atoms with Gasteiger partial charge in [0.2, 0.25) is 0 Å². The average Bonchev–Trinajstić information content (AvgIpc) is 3.23. The number of rotatable bonds is 5. The van der Waals surface area contributed by atoms with Crippen molar-refractivity contribution >= 4 is 5.70 Å². The zero-order valence-electron chi connectivity index (χ0n) is 15.5. The van der Waals surface area contributed by atoms with Crippen LogP contribution >= 0.6 is 0 Å². The van der Waals surface area contributed by atoms with Crippen LogP contribution in [0.5, 0.6) is 0 Å². The second kappa shape index (κ2) is 8.27. The third-order valence-electron chi connectivity index (χ3n) is 6.34. The van der Waals surface area contributed by atoms with Crippen molar-refractivity contribution in [2.24, 2.45) is 0 Å². The summed E-state index contributed by atoms with van der Waals surface area (Å²) in [5.74, 6) is 0. The van der Waals surface area contributed by atoms with Gasteiger partial charge in [0, 0.05) is 24.8 Å². The molecule has 4 rings (SSSR count). The standard InChI is InChI=1S/C22H33N3/c1-3-7-20(8-4-1)25(21-9-5-2-6-10-21)16-18-11-13-19(14-12-18)22-15-23-17-24-22/h11-15,20-21,23-24H,1-10,16-17H2. The Balaban J connectivity index is 1.47. The van der Waals surface area contributed by atoms with Gasteiger partial charge in [-0.3, -0.25) is 4.90 Å². The molecule has 2 fully saturated rings. The molecule has 2 N–H and O–H groups in total. The first kappa shape index (κ1) is 17.0. The fourth-order valence-electron chi connectivity index (χ4n) is 4.92. The molecule has 1 aromatic rings. The van der Waals surface area contributed by atoms with Gasteiger partial charge in [0.05, 0.1) is 12.4 Å². The molecule has 0 atom stereocenters. The van der Waals surface area contributed by atoms with E-state index in [1.54, 1.807) is 0 Å². The number of hydrogen-bond donors (Lipinski definition) is 2. The van der Waals surface area contributed by atoms with E-state index >= 15 is 0 Å². The van der Waals surface area contributed by atoms with E-state index in [1.807, 2.05) is 0 Å². The maximum Gasteiger partial charge on any atom is 0.0846 e. The van der Waals surface area contributed by atoms with Crippen LogP contribution in [0.3, 0.4) is 0 Å². The Kier molecular flexibility index (Phi) is 5.61. The maximum absolute atomic E-state index is 3.38. The van der Waals surface area contributed by atoms with Crippen LogP contribution < -0.4 is 10.6 Å². The van der Waals surface area contributed by atoms with Crippen molar-refractivity contribution in [1.29, 1.82) is 0 Å². The zero-order valence-corrected chi connectivity index (χ0v) is 15.5. The molecular formula is C22H33N3. The molecule has 3 nitrogen and oxygen atoms in total. The lowest BCUT2D eigenvalue weighted by Crippen LogP contribution is -2.44. The largest absolute Gasteiger partial charge is 0.372 e. The van der Waals surface area contributed by atoms with Gasteiger partial charge in [0.15, 0.2) is 0 Å². The van der Waals surface area contributed by atoms with Gasteiger partial charge in [-0.2, -0.15) is 0 Å². The summed E-state index contributed by atoms with van der Waals surface area (Å²) in [6.07, 6.45) is 16.3. The number of nitrogens with one attached hydrogen (secondary N) is 2. The predicted octanol–water partition coefficient (Wildman–Crippen LogP) is 4.60. The summed E-state index contributed by atoms with van der Waals surface area (Å²) in [6, 6.07) is 10.9. The van der Waals surface area contributed by atoms with Crippen molar-refractivity contribution < 1.29 is 0 Å². The molecule has 0 amide bonds. The van der Waals surface area contributed by atoms with Crippen molar-refractivity contribution in [3.63, 3.8) is 0 Å². The molecule has 3 aliphatic rings. The molecular weight excluding hydrogens is 306 g/mol. The van der Waals surface area contributed by atoms with Gasteiger partial charge in [-0.25, -0.2) is 0 Å². The summed E-state index contributed by atoms with van der Waals surface area (Å²) in [6.45, 7) is 1.98. The molecule has 0 saturated heterocycles. The van der Waals surface area contributed by atoms with Crippen LogP contribution in [0.2, 0.25) is 0 Å². The van der Waals surface area contributed by atoms with E-state index in [0.717, 1.165) is 25.3 Å². The molecule has 25 heavy (non-hydrogen) atoms. The highest BCUT2D eigenvalue weighted by atomic mass is 15.2. The highest BCUT2D eigenvalue weighted by Crippen LogP contribution is 2.31. The fourth-order valence-corrected chi connectivity index (χ4v) is 4.92. The van der Waals surface area contributed by atoms with Crippen molar-refractivity contribution in [3.8, 4) is 0 Å². The van der Waals surface area contributed by atoms with Crippen molar-refractivity contribution in [1.82, 2.24) is 15.5 Å². The van der Waals surface area contributed by atoms with Crippen LogP contribution in [-0.2, 0) is 6.54 Å². The molecule has 2 aliphatic carbocycles. The summed E-state index contributed by atoms with van der Waals surface area (Å²) >= 11 is 0. The minimum absolute atomic E-state index is 0.819. The lowest BCUT2D eigenvalue weighted by Gasteiger charge is -2.41. The Labute approximate surface area is 152 Å². The summed E-state index contributed by atoms with van der Waals surface area (Å²) in [7, 11) is 0. The maximum atomic E-state index is 3.38. The van der Waals surface area contributed by atoms with Gasteiger partial charge < -0.3 is 10.6 Å². The molecule has 0 spiro atoms. The lowest BCUT2D eigenvalue weighted by molar-refractivity contribution is 0.0731. The average molecular weight is 340 g/mol. The van der Waals surface area contributed by atoms with Crippen LogP contribution in [0.4, 0.5) is 0 Å². The van der Waals surface area contributed by atoms with Crippen LogP contribution in [0.1, 0.15) is 75.3 Å². The van der Waals surface area contributed by atoms with Gasteiger partial charge in [0.25, 0.3) is 0 Å². The number of nitrogens with zero attached hydrogens (tertiary/aromatic N) is 1. The Morgan fingerprint density at radius 1 is 0.800 bits per heavy atom. The molecule has 0 radical (unpaired) electrons. The highest BCUT2D eigenvalue weighted by Gasteiger charge is 2.28. The highest BCUT2D eigenvalue weighted by molar-refractivity contribution is 5.65. The first-order valence-corrected chi connectivity index (χ1v) is 10.4. The second-order valence-corrected chi connectivity index (χ2v) is 8.07. The van der Waals surface area contributed by atoms with Gasteiger partial charge in [-0.05, 0) is 36.8 Å². The number of benzene rings is 1. The molecule has 1 heterocycles. The molecule has 0 aromatic heterocycles. The number of hydrogen-bond acceptors (Lipinski definition) is 3. The van der Waals surface area contributed by atoms with Crippen LogP contribution in [0, 0.1) is 0 Å². The van der Waals surface area contributed by atoms with E-state index in [9.17, 15) is 0 Å². The fraction of sp³-hybridized carbons (Fsp3) is 0.636. The normalized spacial score (nSPS) is 22.5. The first-order chi connectivity index (χ1) is 12.4. The van der Waals surface area contributed by atoms with Gasteiger partial charge in [-0.15, -0.1) is 0 Å². The quantitative estimate of drug-likeness (QED) is 0.821. The molecule has 3 heteroatoms. The predicted molar refractivity (Wildman–Crippen MR) is 105 cm³/mol. The van der Waals surface area contributed by atoms with E-state index < -0.39 is 0 Å². The summed E-state index contributed by atoms with van der Waals surface area (Å²) in [5.41, 5.74) is 3.98. The van der Waals surface area contributed by atoms with Crippen molar-refractivity contribution in [3.05, 3.63) is 41.6 Å². The van der Waals surface area contributed by atoms with E-state index in [2.05, 4.69) is 46.0 Å². The Morgan fingerprint density at radius 3 is 1.92 bits per heavy atom. The van der Waals surface area contributed by atoms with Crippen LogP contribution in [-0.4, -0.2) is 23.7 Å². The minimum atomic E-state index is 0.819. The summed E-state index contributed by atoms with van der Waals surface area (Å²) in [4.78, 5) is 2.89. The Morgan fingerprint density at radius 2 is 1.40 bits per heavy atom. The Bertz CT molecular complexity index is 547. The molecule has 1 aromatic carbocycles. The SMILES string of the molecule is C1=C(c2ccc(CN(C3CCCCC3)C3CCCCC3)cc2)NCN1. The van der Waals surface area contributed by atoms with Crippen LogP contribution in [0.15, 0.2) is 30.5 Å². The van der Waals surface area contributed by atoms with Gasteiger partial charge >= 0.3 is 0 Å². The summed E-state index contributed by atoms with van der Waals surface area (Å²) in [5, 5.41) is 6.60. The topological polar surface area (TPSA) is 27.3 Å². The van der Waals surface area contributed by atoms with E-state index in [1.165, 1.54) is 81.0 Å². The van der Waals surface area contributed by atoms with Crippen LogP contribution in [0.25, 0.3) is 5.70 Å². The second-order valence-electron chi connectivity index (χ2n) is 8.07. The lowest BCUT2D eigenvalue weighted by atomic mass is 9.88. The van der Waals surface area contributed by atoms with Gasteiger partial charge in [0.1, 0.15) is 0 Å². The third-order valence-corrected chi connectivity index (χ3v) is 6.34. The van der Waals surface area contributed by atoms with E-state index in [0.29, 0.717) is 0 Å². The molecule has 136 valence electrons. The molecule has 0 unspecified atom stereocenters. The van der Waals surface area contributed by atoms with Gasteiger partial charge in [-0.1, -0.05) is 62.8 Å². The first-order valence-electron chi connectivity index (χ1n) is 10.4. The van der Waals surface area contributed by atoms with E-state index in [-0.39, 0.29) is 0 Å². The molecule has 1 aliphatic heterocycles. The molecule has 0 bridgehead atoms. The van der Waals surface area contributed by atoms with Crippen molar-refractivity contribution in [2.75, 3.05) is 6.67 Å². The Hall–Kier alpha value is -1.48. The third kappa shape index (κ3) is 4.20. The monoisotopic (exact) mass is 339 g/mol. The zero-order chi connectivity index (χ0) is 16.9. The smallest absolute Gasteiger partial charge is 0.0846 e.